The van der Waals surface area contributed by atoms with Gasteiger partial charge in [-0.2, -0.15) is 0 Å². The van der Waals surface area contributed by atoms with Crippen LogP contribution in [0.3, 0.4) is 0 Å². The predicted octanol–water partition coefficient (Wildman–Crippen LogP) is 2.74. The van der Waals surface area contributed by atoms with Gasteiger partial charge in [0.05, 0.1) is 0 Å². The summed E-state index contributed by atoms with van der Waals surface area (Å²) in [4.78, 5) is 4.45. The smallest absolute Gasteiger partial charge is 0.182 e. The van der Waals surface area contributed by atoms with E-state index in [1.165, 1.54) is 0 Å². The van der Waals surface area contributed by atoms with E-state index in [9.17, 15) is 0 Å². The molecule has 0 atom stereocenters. The molecule has 84 valence electrons. The highest BCUT2D eigenvalue weighted by molar-refractivity contribution is 9.10. The van der Waals surface area contributed by atoms with E-state index in [0.717, 1.165) is 15.7 Å². The van der Waals surface area contributed by atoms with Crippen molar-refractivity contribution in [3.05, 3.63) is 47.1 Å². The molecule has 0 aliphatic carbocycles. The van der Waals surface area contributed by atoms with Crippen molar-refractivity contribution >= 4 is 27.3 Å². The maximum atomic E-state index is 5.74. The molecule has 0 aliphatic heterocycles. The van der Waals surface area contributed by atoms with Gasteiger partial charge in [0.15, 0.2) is 11.5 Å². The largest absolute Gasteiger partial charge is 0.399 e. The van der Waals surface area contributed by atoms with Crippen molar-refractivity contribution < 1.29 is 0 Å². The Morgan fingerprint density at radius 3 is 2.88 bits per heavy atom. The molecule has 0 radical (unpaired) electrons. The van der Waals surface area contributed by atoms with Gasteiger partial charge in [0.1, 0.15) is 0 Å². The Morgan fingerprint density at radius 2 is 2.06 bits per heavy atom. The molecule has 3 rings (SSSR count). The fourth-order valence-corrected chi connectivity index (χ4v) is 1.98. The quantitative estimate of drug-likeness (QED) is 0.701. The zero-order chi connectivity index (χ0) is 11.8. The maximum absolute atomic E-state index is 5.74. The third-order valence-corrected chi connectivity index (χ3v) is 2.94. The second-order valence-corrected chi connectivity index (χ2v) is 4.62. The number of hydrogen-bond acceptors (Lipinski definition) is 3. The van der Waals surface area contributed by atoms with Crippen LogP contribution in [-0.4, -0.2) is 14.6 Å². The van der Waals surface area contributed by atoms with Gasteiger partial charge >= 0.3 is 0 Å². The minimum absolute atomic E-state index is 0.676. The standard InChI is InChI=1S/C12H9BrN4/c13-9-4-5-17-11(7-9)15-12(16-17)8-2-1-3-10(14)6-8/h1-7H,14H2. The van der Waals surface area contributed by atoms with Crippen LogP contribution in [0.1, 0.15) is 0 Å². The molecule has 0 saturated carbocycles. The summed E-state index contributed by atoms with van der Waals surface area (Å²) >= 11 is 3.41. The van der Waals surface area contributed by atoms with E-state index in [1.54, 1.807) is 4.52 Å². The number of nitrogen functional groups attached to an aromatic ring is 1. The summed E-state index contributed by atoms with van der Waals surface area (Å²) < 4.78 is 2.72. The number of rotatable bonds is 1. The molecule has 1 aromatic carbocycles. The van der Waals surface area contributed by atoms with Gasteiger partial charge in [-0.3, -0.25) is 0 Å². The first-order chi connectivity index (χ1) is 8.22. The summed E-state index contributed by atoms with van der Waals surface area (Å²) in [5.41, 5.74) is 8.18. The third-order valence-electron chi connectivity index (χ3n) is 2.44. The SMILES string of the molecule is Nc1cccc(-c2nc3cc(Br)ccn3n2)c1. The van der Waals surface area contributed by atoms with E-state index in [4.69, 9.17) is 5.73 Å². The number of nitrogens with two attached hydrogens (primary N) is 1. The van der Waals surface area contributed by atoms with Gasteiger partial charge in [-0.25, -0.2) is 9.50 Å². The van der Waals surface area contributed by atoms with Crippen molar-refractivity contribution in [2.75, 3.05) is 5.73 Å². The van der Waals surface area contributed by atoms with Crippen LogP contribution in [0.15, 0.2) is 47.1 Å². The van der Waals surface area contributed by atoms with E-state index in [1.807, 2.05) is 42.6 Å². The predicted molar refractivity (Wildman–Crippen MR) is 70.5 cm³/mol. The summed E-state index contributed by atoms with van der Waals surface area (Å²) in [6.07, 6.45) is 1.86. The summed E-state index contributed by atoms with van der Waals surface area (Å²) in [5, 5.41) is 4.39. The number of hydrogen-bond donors (Lipinski definition) is 1. The van der Waals surface area contributed by atoms with Crippen LogP contribution in [0.4, 0.5) is 5.69 Å². The lowest BCUT2D eigenvalue weighted by molar-refractivity contribution is 0.964. The zero-order valence-corrected chi connectivity index (χ0v) is 10.4. The van der Waals surface area contributed by atoms with Gasteiger partial charge < -0.3 is 5.73 Å². The summed E-state index contributed by atoms with van der Waals surface area (Å²) in [6.45, 7) is 0. The average Bonchev–Trinajstić information content (AvgIpc) is 2.72. The Balaban J connectivity index is 2.18. The minimum Gasteiger partial charge on any atom is -0.399 e. The molecular weight excluding hydrogens is 280 g/mol. The molecular formula is C12H9BrN4. The summed E-state index contributed by atoms with van der Waals surface area (Å²) in [7, 11) is 0. The van der Waals surface area contributed by atoms with Crippen molar-refractivity contribution in [3.63, 3.8) is 0 Å². The summed E-state index contributed by atoms with van der Waals surface area (Å²) in [5.74, 6) is 0.676. The lowest BCUT2D eigenvalue weighted by Crippen LogP contribution is -1.87. The molecule has 2 heterocycles. The molecule has 2 aromatic heterocycles. The molecule has 0 amide bonds. The minimum atomic E-state index is 0.676. The van der Waals surface area contributed by atoms with Crippen LogP contribution >= 0.6 is 15.9 Å². The molecule has 5 heteroatoms. The highest BCUT2D eigenvalue weighted by Crippen LogP contribution is 2.19. The number of fused-ring (bicyclic) bond motifs is 1. The summed E-state index contributed by atoms with van der Waals surface area (Å²) in [6, 6.07) is 11.4. The molecule has 17 heavy (non-hydrogen) atoms. The van der Waals surface area contributed by atoms with Gasteiger partial charge in [0, 0.05) is 21.9 Å². The van der Waals surface area contributed by atoms with Crippen LogP contribution in [0, 0.1) is 0 Å². The number of aromatic nitrogens is 3. The van der Waals surface area contributed by atoms with Gasteiger partial charge in [0.25, 0.3) is 0 Å². The fourth-order valence-electron chi connectivity index (χ4n) is 1.66. The molecule has 0 spiro atoms. The fraction of sp³-hybridized carbons (Fsp3) is 0. The van der Waals surface area contributed by atoms with E-state index in [2.05, 4.69) is 26.0 Å². The molecule has 0 fully saturated rings. The molecule has 0 aliphatic rings. The molecule has 3 aromatic rings. The van der Waals surface area contributed by atoms with Crippen molar-refractivity contribution in [2.45, 2.75) is 0 Å². The zero-order valence-electron chi connectivity index (χ0n) is 8.84. The van der Waals surface area contributed by atoms with Crippen LogP contribution in [-0.2, 0) is 0 Å². The normalized spacial score (nSPS) is 10.9. The van der Waals surface area contributed by atoms with Gasteiger partial charge in [-0.1, -0.05) is 28.1 Å². The van der Waals surface area contributed by atoms with Crippen molar-refractivity contribution in [3.8, 4) is 11.4 Å². The first-order valence-corrected chi connectivity index (χ1v) is 5.89. The first kappa shape index (κ1) is 10.3. The lowest BCUT2D eigenvalue weighted by Gasteiger charge is -1.95. The van der Waals surface area contributed by atoms with E-state index in [-0.39, 0.29) is 0 Å². The van der Waals surface area contributed by atoms with E-state index in [0.29, 0.717) is 11.5 Å². The van der Waals surface area contributed by atoms with Crippen LogP contribution in [0.2, 0.25) is 0 Å². The Bertz CT molecular complexity index is 690. The number of nitrogens with zero attached hydrogens (tertiary/aromatic N) is 3. The topological polar surface area (TPSA) is 56.2 Å². The van der Waals surface area contributed by atoms with Crippen molar-refractivity contribution in [1.82, 2.24) is 14.6 Å². The Labute approximate surface area is 106 Å². The molecule has 2 N–H and O–H groups in total. The van der Waals surface area contributed by atoms with Crippen molar-refractivity contribution in [1.29, 1.82) is 0 Å². The van der Waals surface area contributed by atoms with Crippen LogP contribution in [0.5, 0.6) is 0 Å². The molecule has 4 nitrogen and oxygen atoms in total. The van der Waals surface area contributed by atoms with Gasteiger partial charge in [0.2, 0.25) is 0 Å². The molecule has 0 bridgehead atoms. The third kappa shape index (κ3) is 1.89. The van der Waals surface area contributed by atoms with E-state index < -0.39 is 0 Å². The van der Waals surface area contributed by atoms with Gasteiger partial charge in [-0.05, 0) is 24.3 Å². The van der Waals surface area contributed by atoms with Crippen LogP contribution < -0.4 is 5.73 Å². The first-order valence-electron chi connectivity index (χ1n) is 5.10. The molecule has 0 saturated heterocycles. The van der Waals surface area contributed by atoms with Crippen molar-refractivity contribution in [2.24, 2.45) is 0 Å². The second kappa shape index (κ2) is 3.85. The number of benzene rings is 1. The maximum Gasteiger partial charge on any atom is 0.182 e. The van der Waals surface area contributed by atoms with Gasteiger partial charge in [-0.15, -0.1) is 5.10 Å². The Morgan fingerprint density at radius 1 is 1.18 bits per heavy atom. The Hall–Kier alpha value is -1.88. The van der Waals surface area contributed by atoms with E-state index >= 15 is 0 Å². The molecule has 0 unspecified atom stereocenters. The van der Waals surface area contributed by atoms with Crippen LogP contribution in [0.25, 0.3) is 17.0 Å². The average molecular weight is 289 g/mol. The number of pyridine rings is 1. The number of anilines is 1. The highest BCUT2D eigenvalue weighted by atomic mass is 79.9. The lowest BCUT2D eigenvalue weighted by atomic mass is 10.2. The highest BCUT2D eigenvalue weighted by Gasteiger charge is 2.06. The monoisotopic (exact) mass is 288 g/mol. The Kier molecular flexibility index (Phi) is 2.33. The number of halogens is 1. The second-order valence-electron chi connectivity index (χ2n) is 3.71.